The van der Waals surface area contributed by atoms with E-state index in [-0.39, 0.29) is 28.9 Å². The molecule has 10 heteroatoms. The van der Waals surface area contributed by atoms with E-state index in [9.17, 15) is 19.6 Å². The van der Waals surface area contributed by atoms with Crippen LogP contribution < -0.4 is 10.5 Å². The first kappa shape index (κ1) is 32.9. The van der Waals surface area contributed by atoms with Gasteiger partial charge in [-0.25, -0.2) is 0 Å². The van der Waals surface area contributed by atoms with Gasteiger partial charge in [0, 0.05) is 31.7 Å². The lowest BCUT2D eigenvalue weighted by Crippen LogP contribution is -2.43. The first-order valence-corrected chi connectivity index (χ1v) is 16.3. The molecule has 1 aromatic heterocycles. The number of piperidine rings is 1. The number of aromatic nitrogens is 1. The van der Waals surface area contributed by atoms with E-state index in [1.165, 1.54) is 11.8 Å². The van der Waals surface area contributed by atoms with Crippen LogP contribution in [0.4, 0.5) is 5.82 Å². The highest BCUT2D eigenvalue weighted by Crippen LogP contribution is 2.37. The van der Waals surface area contributed by atoms with E-state index >= 15 is 0 Å². The molecule has 3 rings (SSSR count). The average molecular weight is 601 g/mol. The number of anilines is 1. The van der Waals surface area contributed by atoms with E-state index in [0.29, 0.717) is 71.3 Å². The fourth-order valence-corrected chi connectivity index (χ4v) is 6.85. The van der Waals surface area contributed by atoms with Crippen molar-refractivity contribution in [1.82, 2.24) is 9.47 Å². The second-order valence-electron chi connectivity index (χ2n) is 10.9. The van der Waals surface area contributed by atoms with E-state index in [1.54, 1.807) is 23.3 Å². The predicted molar refractivity (Wildman–Crippen MR) is 170 cm³/mol. The summed E-state index contributed by atoms with van der Waals surface area (Å²) in [5, 5.41) is 9.98. The largest absolute Gasteiger partial charge is 0.466 e. The van der Waals surface area contributed by atoms with Crippen molar-refractivity contribution < 1.29 is 14.3 Å². The number of amides is 1. The highest BCUT2D eigenvalue weighted by Gasteiger charge is 2.35. The Bertz CT molecular complexity index is 1270. The minimum absolute atomic E-state index is 0.0798. The Balaban J connectivity index is 2.12. The number of esters is 1. The first-order chi connectivity index (χ1) is 19.7. The third-order valence-electron chi connectivity index (χ3n) is 8.06. The van der Waals surface area contributed by atoms with E-state index in [0.717, 1.165) is 44.9 Å². The van der Waals surface area contributed by atoms with E-state index in [2.05, 4.69) is 31.7 Å². The van der Waals surface area contributed by atoms with Crippen LogP contribution in [0.2, 0.25) is 0 Å². The van der Waals surface area contributed by atoms with E-state index in [1.807, 2.05) is 6.08 Å². The average Bonchev–Trinajstić information content (AvgIpc) is 3.23. The highest BCUT2D eigenvalue weighted by atomic mass is 32.2. The normalized spacial score (nSPS) is 19.1. The molecule has 0 saturated carbocycles. The summed E-state index contributed by atoms with van der Waals surface area (Å²) in [5.41, 5.74) is 0.952. The van der Waals surface area contributed by atoms with Crippen molar-refractivity contribution in [1.29, 1.82) is 5.26 Å². The second kappa shape index (κ2) is 15.5. The molecule has 0 spiro atoms. The number of hydrogen-bond donors (Lipinski definition) is 0. The molecule has 41 heavy (non-hydrogen) atoms. The molecule has 8 nitrogen and oxygen atoms in total. The summed E-state index contributed by atoms with van der Waals surface area (Å²) in [5.74, 6) is 0.362. The van der Waals surface area contributed by atoms with Gasteiger partial charge in [-0.05, 0) is 57.1 Å². The Hall–Kier alpha value is -2.64. The van der Waals surface area contributed by atoms with Gasteiger partial charge in [0.2, 0.25) is 0 Å². The summed E-state index contributed by atoms with van der Waals surface area (Å²) in [4.78, 5) is 44.2. The lowest BCUT2D eigenvalue weighted by molar-refractivity contribution is -0.148. The molecule has 0 bridgehead atoms. The molecule has 2 aliphatic rings. The number of rotatable bonds is 13. The number of nitriles is 1. The Morgan fingerprint density at radius 1 is 1.22 bits per heavy atom. The van der Waals surface area contributed by atoms with Crippen LogP contribution in [0.3, 0.4) is 0 Å². The van der Waals surface area contributed by atoms with Crippen LogP contribution in [0.5, 0.6) is 0 Å². The zero-order valence-electron chi connectivity index (χ0n) is 25.2. The molecular formula is C31H44N4O4S2. The molecule has 0 aromatic carbocycles. The summed E-state index contributed by atoms with van der Waals surface area (Å²) >= 11 is 6.94. The van der Waals surface area contributed by atoms with Crippen molar-refractivity contribution in [3.05, 3.63) is 31.9 Å². The van der Waals surface area contributed by atoms with Crippen LogP contribution in [0.1, 0.15) is 95.8 Å². The van der Waals surface area contributed by atoms with Gasteiger partial charge in [0.1, 0.15) is 21.8 Å². The minimum atomic E-state index is -0.335. The zero-order chi connectivity index (χ0) is 30.1. The molecule has 1 amide bonds. The summed E-state index contributed by atoms with van der Waals surface area (Å²) in [7, 11) is 0. The van der Waals surface area contributed by atoms with Crippen LogP contribution in [0, 0.1) is 30.1 Å². The maximum atomic E-state index is 13.7. The van der Waals surface area contributed by atoms with Crippen LogP contribution >= 0.6 is 24.0 Å². The maximum Gasteiger partial charge on any atom is 0.310 e. The van der Waals surface area contributed by atoms with Crippen molar-refractivity contribution in [3.63, 3.8) is 0 Å². The van der Waals surface area contributed by atoms with Crippen molar-refractivity contribution in [2.45, 2.75) is 92.5 Å². The molecule has 2 saturated heterocycles. The number of thiocarbonyl (C=S) groups is 1. The minimum Gasteiger partial charge on any atom is -0.466 e. The molecule has 2 aliphatic heterocycles. The molecule has 2 fully saturated rings. The number of carbonyl (C=O) groups excluding carboxylic acids is 2. The molecule has 0 radical (unpaired) electrons. The van der Waals surface area contributed by atoms with Crippen LogP contribution in [-0.4, -0.2) is 51.9 Å². The van der Waals surface area contributed by atoms with Gasteiger partial charge in [0.25, 0.3) is 11.5 Å². The smallest absolute Gasteiger partial charge is 0.310 e. The lowest BCUT2D eigenvalue weighted by atomic mass is 9.96. The quantitative estimate of drug-likeness (QED) is 0.154. The van der Waals surface area contributed by atoms with Gasteiger partial charge >= 0.3 is 5.97 Å². The Labute approximate surface area is 254 Å². The zero-order valence-corrected chi connectivity index (χ0v) is 26.8. The first-order valence-electron chi connectivity index (χ1n) is 15.1. The van der Waals surface area contributed by atoms with Crippen molar-refractivity contribution in [2.75, 3.05) is 31.1 Å². The molecule has 3 heterocycles. The van der Waals surface area contributed by atoms with E-state index < -0.39 is 0 Å². The number of carbonyl (C=O) groups is 2. The molecule has 0 aliphatic carbocycles. The summed E-state index contributed by atoms with van der Waals surface area (Å²) in [6.45, 7) is 12.4. The summed E-state index contributed by atoms with van der Waals surface area (Å²) in [6, 6.07) is 2.12. The SMILES string of the molecule is CCCCC(CC)CN1C(=O)C(=Cc2c(C)c(C#N)c(=O)n(CCCC)c2N2CCCC(C(=O)OCC)C2)SC1=S. The third kappa shape index (κ3) is 7.61. The Morgan fingerprint density at radius 3 is 2.59 bits per heavy atom. The second-order valence-corrected chi connectivity index (χ2v) is 12.6. The van der Waals surface area contributed by atoms with Gasteiger partial charge in [-0.3, -0.25) is 23.9 Å². The number of pyridine rings is 1. The monoisotopic (exact) mass is 600 g/mol. The fourth-order valence-electron chi connectivity index (χ4n) is 5.59. The molecule has 0 N–H and O–H groups in total. The van der Waals surface area contributed by atoms with Crippen LogP contribution in [0.25, 0.3) is 6.08 Å². The topological polar surface area (TPSA) is 95.6 Å². The predicted octanol–water partition coefficient (Wildman–Crippen LogP) is 6.03. The summed E-state index contributed by atoms with van der Waals surface area (Å²) < 4.78 is 7.54. The molecular weight excluding hydrogens is 556 g/mol. The number of nitrogens with zero attached hydrogens (tertiary/aromatic N) is 4. The van der Waals surface area contributed by atoms with Crippen LogP contribution in [0.15, 0.2) is 9.70 Å². The number of ether oxygens (including phenoxy) is 1. The Morgan fingerprint density at radius 2 is 1.95 bits per heavy atom. The van der Waals surface area contributed by atoms with E-state index in [4.69, 9.17) is 17.0 Å². The highest BCUT2D eigenvalue weighted by molar-refractivity contribution is 8.26. The Kier molecular flexibility index (Phi) is 12.5. The van der Waals surface area contributed by atoms with Gasteiger partial charge in [0.15, 0.2) is 0 Å². The number of thioether (sulfide) groups is 1. The third-order valence-corrected chi connectivity index (χ3v) is 9.43. The van der Waals surface area contributed by atoms with Crippen molar-refractivity contribution in [3.8, 4) is 6.07 Å². The van der Waals surface area contributed by atoms with Crippen molar-refractivity contribution >= 4 is 52.1 Å². The number of hydrogen-bond acceptors (Lipinski definition) is 8. The van der Waals surface area contributed by atoms with Gasteiger partial charge in [0.05, 0.1) is 17.4 Å². The molecule has 224 valence electrons. The number of unbranched alkanes of at least 4 members (excludes halogenated alkanes) is 2. The van der Waals surface area contributed by atoms with Crippen molar-refractivity contribution in [2.24, 2.45) is 11.8 Å². The fraction of sp³-hybridized carbons (Fsp3) is 0.645. The van der Waals surface area contributed by atoms with Gasteiger partial charge in [-0.1, -0.05) is 70.4 Å². The molecule has 2 unspecified atom stereocenters. The standard InChI is InChI=1S/C31H44N4O4S2/c1-6-10-13-22(8-3)19-35-29(37)26(41-31(35)40)17-24-21(5)25(18-32)28(36)34(16-11-7-2)27(24)33-15-12-14-23(20-33)30(38)39-9-4/h17,22-23H,6-16,19-20H2,1-5H3. The van der Waals surface area contributed by atoms with Gasteiger partial charge in [-0.15, -0.1) is 0 Å². The van der Waals surface area contributed by atoms with Gasteiger partial charge < -0.3 is 9.64 Å². The maximum absolute atomic E-state index is 13.7. The molecule has 2 atom stereocenters. The van der Waals surface area contributed by atoms with Crippen LogP contribution in [-0.2, 0) is 20.9 Å². The summed E-state index contributed by atoms with van der Waals surface area (Å²) in [6.07, 6.45) is 9.18. The molecule has 1 aromatic rings. The van der Waals surface area contributed by atoms with Gasteiger partial charge in [-0.2, -0.15) is 5.26 Å². The lowest BCUT2D eigenvalue weighted by Gasteiger charge is -2.36.